The molecule has 0 saturated heterocycles. The van der Waals surface area contributed by atoms with Crippen LogP contribution < -0.4 is 16.0 Å². The van der Waals surface area contributed by atoms with E-state index in [1.807, 2.05) is 18.2 Å². The highest BCUT2D eigenvalue weighted by atomic mass is 32.1. The van der Waals surface area contributed by atoms with E-state index in [1.165, 1.54) is 42.2 Å². The van der Waals surface area contributed by atoms with Crippen LogP contribution in [0.1, 0.15) is 56.8 Å². The van der Waals surface area contributed by atoms with Crippen molar-refractivity contribution in [3.8, 4) is 16.5 Å². The lowest BCUT2D eigenvalue weighted by Crippen LogP contribution is -2.52. The molecule has 0 aliphatic heterocycles. The maximum Gasteiger partial charge on any atom is 0.333 e. The first-order chi connectivity index (χ1) is 19.5. The fourth-order valence-corrected chi connectivity index (χ4v) is 6.60. The van der Waals surface area contributed by atoms with Gasteiger partial charge in [0.05, 0.1) is 42.3 Å². The smallest absolute Gasteiger partial charge is 0.333 e. The molecule has 1 saturated carbocycles. The molecule has 3 aromatic heterocycles. The maximum absolute atomic E-state index is 14.1. The second kappa shape index (κ2) is 11.3. The van der Waals surface area contributed by atoms with E-state index in [9.17, 15) is 24.6 Å². The van der Waals surface area contributed by atoms with Crippen LogP contribution in [0.15, 0.2) is 50.7 Å². The number of para-hydroxylation sites is 1. The van der Waals surface area contributed by atoms with Gasteiger partial charge in [-0.3, -0.25) is 9.36 Å². The number of ether oxygens (including phenoxy) is 2. The molecule has 218 valence electrons. The Labute approximate surface area is 239 Å². The summed E-state index contributed by atoms with van der Waals surface area (Å²) >= 11 is 1.18. The summed E-state index contributed by atoms with van der Waals surface area (Å²) in [6, 6.07) is 7.35. The first-order valence-electron chi connectivity index (χ1n) is 13.4. The highest BCUT2D eigenvalue weighted by molar-refractivity contribution is 7.22. The number of aromatic nitrogens is 3. The molecule has 12 heteroatoms. The summed E-state index contributed by atoms with van der Waals surface area (Å²) in [6.07, 6.45) is 4.20. The van der Waals surface area contributed by atoms with Crippen molar-refractivity contribution in [3.63, 3.8) is 0 Å². The van der Waals surface area contributed by atoms with Crippen LogP contribution >= 0.6 is 11.3 Å². The number of carbonyl (C=O) groups is 1. The number of benzene rings is 1. The predicted octanol–water partition coefficient (Wildman–Crippen LogP) is 4.08. The van der Waals surface area contributed by atoms with Crippen LogP contribution in [0.2, 0.25) is 0 Å². The highest BCUT2D eigenvalue weighted by Gasteiger charge is 2.36. The molecule has 1 aliphatic rings. The molecule has 1 aliphatic carbocycles. The number of aliphatic hydroxyl groups is 1. The van der Waals surface area contributed by atoms with Crippen molar-refractivity contribution < 1.29 is 28.9 Å². The van der Waals surface area contributed by atoms with Gasteiger partial charge in [-0.25, -0.2) is 19.1 Å². The van der Waals surface area contributed by atoms with E-state index in [0.29, 0.717) is 58.2 Å². The summed E-state index contributed by atoms with van der Waals surface area (Å²) in [7, 11) is 1.55. The number of aryl methyl sites for hydroxylation is 1. The number of hydrogen-bond acceptors (Lipinski definition) is 9. The standard InChI is InChI=1S/C29H33N3O8S/c1-16-22-25(34)32(29(2,3)27(35)36)28(37)31(26(22)41-23(16)24-30-13-14-39-24)15-21(19-7-5-6-8-20(19)38-4)40-18-11-9-17(33)10-12-18/h5-8,13-14,17-18,21,33H,9-12,15H2,1-4H3,(H,35,36)/t17?,18?,21-/m1/s1. The Kier molecular flexibility index (Phi) is 7.91. The molecule has 2 N–H and O–H groups in total. The largest absolute Gasteiger partial charge is 0.496 e. The summed E-state index contributed by atoms with van der Waals surface area (Å²) in [5, 5.41) is 20.2. The Hall–Kier alpha value is -3.74. The number of methoxy groups -OCH3 is 1. The van der Waals surface area contributed by atoms with Crippen LogP contribution in [0.3, 0.4) is 0 Å². The summed E-state index contributed by atoms with van der Waals surface area (Å²) in [5.74, 6) is -0.453. The van der Waals surface area contributed by atoms with Crippen molar-refractivity contribution in [1.82, 2.24) is 14.1 Å². The van der Waals surface area contributed by atoms with Gasteiger partial charge < -0.3 is 24.1 Å². The van der Waals surface area contributed by atoms with Crippen molar-refractivity contribution in [2.45, 2.75) is 76.9 Å². The van der Waals surface area contributed by atoms with E-state index in [0.717, 1.165) is 4.57 Å². The lowest BCUT2D eigenvalue weighted by Gasteiger charge is -2.31. The predicted molar refractivity (Wildman–Crippen MR) is 153 cm³/mol. The monoisotopic (exact) mass is 583 g/mol. The van der Waals surface area contributed by atoms with Crippen LogP contribution in [0.25, 0.3) is 21.0 Å². The quantitative estimate of drug-likeness (QED) is 0.298. The van der Waals surface area contributed by atoms with E-state index >= 15 is 0 Å². The van der Waals surface area contributed by atoms with Crippen LogP contribution in [0, 0.1) is 6.92 Å². The lowest BCUT2D eigenvalue weighted by molar-refractivity contribution is -0.146. The van der Waals surface area contributed by atoms with Crippen LogP contribution in [0.4, 0.5) is 0 Å². The first kappa shape index (κ1) is 28.8. The van der Waals surface area contributed by atoms with Crippen molar-refractivity contribution in [1.29, 1.82) is 0 Å². The number of carboxylic acid groups (broad SMARTS) is 1. The van der Waals surface area contributed by atoms with E-state index in [2.05, 4.69) is 4.98 Å². The minimum atomic E-state index is -1.83. The molecule has 1 fully saturated rings. The Morgan fingerprint density at radius 2 is 1.93 bits per heavy atom. The summed E-state index contributed by atoms with van der Waals surface area (Å²) in [4.78, 5) is 45.4. The molecular weight excluding hydrogens is 550 g/mol. The van der Waals surface area contributed by atoms with Gasteiger partial charge in [0.15, 0.2) is 0 Å². The van der Waals surface area contributed by atoms with Crippen molar-refractivity contribution in [2.75, 3.05) is 7.11 Å². The zero-order chi connectivity index (χ0) is 29.5. The van der Waals surface area contributed by atoms with Crippen LogP contribution in [-0.2, 0) is 21.6 Å². The number of thiophene rings is 1. The van der Waals surface area contributed by atoms with Crippen molar-refractivity contribution in [3.05, 3.63) is 68.7 Å². The number of hydrogen-bond donors (Lipinski definition) is 2. The molecule has 41 heavy (non-hydrogen) atoms. The zero-order valence-corrected chi connectivity index (χ0v) is 24.1. The fourth-order valence-electron chi connectivity index (χ4n) is 5.36. The molecule has 1 aromatic carbocycles. The van der Waals surface area contributed by atoms with E-state index < -0.39 is 28.9 Å². The first-order valence-corrected chi connectivity index (χ1v) is 14.2. The van der Waals surface area contributed by atoms with Gasteiger partial charge >= 0.3 is 11.7 Å². The molecular formula is C29H33N3O8S. The maximum atomic E-state index is 14.1. The van der Waals surface area contributed by atoms with Gasteiger partial charge in [0.2, 0.25) is 5.89 Å². The van der Waals surface area contributed by atoms with E-state index in [1.54, 1.807) is 20.1 Å². The van der Waals surface area contributed by atoms with Gasteiger partial charge in [-0.2, -0.15) is 0 Å². The van der Waals surface area contributed by atoms with E-state index in [-0.39, 0.29) is 24.1 Å². The van der Waals surface area contributed by atoms with Gasteiger partial charge in [0, 0.05) is 5.56 Å². The third-order valence-corrected chi connectivity index (χ3v) is 9.06. The molecule has 0 unspecified atom stereocenters. The summed E-state index contributed by atoms with van der Waals surface area (Å²) < 4.78 is 20.0. The topological polar surface area (TPSA) is 146 Å². The Morgan fingerprint density at radius 1 is 1.22 bits per heavy atom. The second-order valence-corrected chi connectivity index (χ2v) is 11.8. The minimum Gasteiger partial charge on any atom is -0.496 e. The third kappa shape index (κ3) is 5.22. The Bertz CT molecular complexity index is 1680. The Balaban J connectivity index is 1.74. The average molecular weight is 584 g/mol. The van der Waals surface area contributed by atoms with Gasteiger partial charge in [-0.15, -0.1) is 11.3 Å². The lowest BCUT2D eigenvalue weighted by atomic mass is 9.94. The number of aliphatic carboxylic acids is 1. The molecule has 4 aromatic rings. The molecule has 5 rings (SSSR count). The molecule has 11 nitrogen and oxygen atoms in total. The highest BCUT2D eigenvalue weighted by Crippen LogP contribution is 2.38. The molecule has 0 radical (unpaired) electrons. The number of rotatable bonds is 9. The number of oxazole rings is 1. The minimum absolute atomic E-state index is 0.0181. The van der Waals surface area contributed by atoms with Crippen molar-refractivity contribution in [2.24, 2.45) is 0 Å². The molecule has 0 spiro atoms. The molecule has 0 amide bonds. The third-order valence-electron chi connectivity index (χ3n) is 7.76. The summed E-state index contributed by atoms with van der Waals surface area (Å²) in [5.41, 5.74) is -2.05. The fraction of sp³-hybridized carbons (Fsp3) is 0.448. The average Bonchev–Trinajstić information content (AvgIpc) is 3.59. The van der Waals surface area contributed by atoms with Crippen LogP contribution in [0.5, 0.6) is 5.75 Å². The van der Waals surface area contributed by atoms with Crippen LogP contribution in [-0.4, -0.2) is 49.6 Å². The number of nitrogens with zero attached hydrogens (tertiary/aromatic N) is 3. The SMILES string of the molecule is COc1ccccc1[C@@H](Cn1c(=O)n(C(C)(C)C(=O)O)c(=O)c2c(C)c(-c3ncco3)sc21)OC1CCC(O)CC1. The molecule has 1 atom stereocenters. The van der Waals surface area contributed by atoms with Gasteiger partial charge in [0.25, 0.3) is 5.56 Å². The number of aliphatic hydroxyl groups excluding tert-OH is 1. The second-order valence-electron chi connectivity index (χ2n) is 10.8. The number of carboxylic acids is 1. The molecule has 3 heterocycles. The normalized spacial score (nSPS) is 18.5. The zero-order valence-electron chi connectivity index (χ0n) is 23.3. The van der Waals surface area contributed by atoms with E-state index in [4.69, 9.17) is 13.9 Å². The van der Waals surface area contributed by atoms with Gasteiger partial charge in [0.1, 0.15) is 28.5 Å². The van der Waals surface area contributed by atoms with Gasteiger partial charge in [-0.1, -0.05) is 18.2 Å². The Morgan fingerprint density at radius 3 is 2.56 bits per heavy atom. The molecule has 0 bridgehead atoms. The number of fused-ring (bicyclic) bond motifs is 1. The van der Waals surface area contributed by atoms with Gasteiger partial charge in [-0.05, 0) is 58.1 Å². The summed E-state index contributed by atoms with van der Waals surface area (Å²) in [6.45, 7) is 4.36. The van der Waals surface area contributed by atoms with Crippen molar-refractivity contribution >= 4 is 27.5 Å².